The smallest absolute Gasteiger partial charge is 0.313 e. The fourth-order valence-corrected chi connectivity index (χ4v) is 11.2. The van der Waals surface area contributed by atoms with Crippen molar-refractivity contribution >= 4 is 11.9 Å². The summed E-state index contributed by atoms with van der Waals surface area (Å²) in [5, 5.41) is 10.5. The van der Waals surface area contributed by atoms with Crippen molar-refractivity contribution in [1.82, 2.24) is 0 Å². The van der Waals surface area contributed by atoms with Crippen LogP contribution < -0.4 is 0 Å². The predicted molar refractivity (Wildman–Crippen MR) is 142 cm³/mol. The summed E-state index contributed by atoms with van der Waals surface area (Å²) in [5.74, 6) is 1.47. The van der Waals surface area contributed by atoms with Crippen molar-refractivity contribution in [2.75, 3.05) is 0 Å². The highest BCUT2D eigenvalue weighted by Gasteiger charge is 2.70. The van der Waals surface area contributed by atoms with Crippen LogP contribution in [-0.2, 0) is 14.3 Å². The minimum absolute atomic E-state index is 0.0136. The predicted octanol–water partition coefficient (Wildman–Crippen LogP) is 7.66. The maximum Gasteiger partial charge on any atom is 0.313 e. The third kappa shape index (κ3) is 3.17. The summed E-state index contributed by atoms with van der Waals surface area (Å²) in [4.78, 5) is 24.8. The number of hydrogen-bond donors (Lipinski definition) is 1. The van der Waals surface area contributed by atoms with Crippen LogP contribution in [0.3, 0.4) is 0 Å². The highest BCUT2D eigenvalue weighted by atomic mass is 16.5. The molecule has 11 atom stereocenters. The molecule has 0 unspecified atom stereocenters. The van der Waals surface area contributed by atoms with Crippen LogP contribution in [0.5, 0.6) is 0 Å². The number of aliphatic carboxylic acids is 1. The summed E-state index contributed by atoms with van der Waals surface area (Å²) in [6.07, 6.45) is 12.0. The van der Waals surface area contributed by atoms with Gasteiger partial charge < -0.3 is 9.84 Å². The molecule has 0 bridgehead atoms. The number of hydrogen-bond acceptors (Lipinski definition) is 3. The Morgan fingerprint density at radius 3 is 2.25 bits per heavy atom. The number of carbonyl (C=O) groups excluding carboxylic acids is 1. The van der Waals surface area contributed by atoms with Crippen molar-refractivity contribution in [3.05, 3.63) is 11.6 Å². The van der Waals surface area contributed by atoms with Crippen LogP contribution in [0.4, 0.5) is 0 Å². The van der Waals surface area contributed by atoms with Crippen molar-refractivity contribution in [1.29, 1.82) is 0 Å². The number of carboxylic acid groups (broad SMARTS) is 1. The molecule has 0 aromatic heterocycles. The van der Waals surface area contributed by atoms with E-state index in [-0.39, 0.29) is 28.1 Å². The van der Waals surface area contributed by atoms with Crippen LogP contribution in [0.2, 0.25) is 0 Å². The van der Waals surface area contributed by atoms with Crippen LogP contribution >= 0.6 is 0 Å². The highest BCUT2D eigenvalue weighted by molar-refractivity contribution is 5.77. The van der Waals surface area contributed by atoms with Crippen LogP contribution in [-0.4, -0.2) is 23.1 Å². The molecular weight excluding hydrogens is 448 g/mol. The Labute approximate surface area is 219 Å². The Morgan fingerprint density at radius 2 is 1.61 bits per heavy atom. The molecule has 0 spiro atoms. The van der Waals surface area contributed by atoms with E-state index in [0.29, 0.717) is 23.7 Å². The molecule has 4 heteroatoms. The number of allylic oxidation sites excluding steroid dienone is 2. The second kappa shape index (κ2) is 8.09. The first-order chi connectivity index (χ1) is 16.6. The number of carboxylic acids is 1. The average molecular weight is 499 g/mol. The molecule has 36 heavy (non-hydrogen) atoms. The fraction of sp³-hybridized carbons (Fsp3) is 0.875. The third-order valence-corrected chi connectivity index (χ3v) is 13.8. The maximum atomic E-state index is 12.9. The Balaban J connectivity index is 1.57. The minimum atomic E-state index is -1.04. The topological polar surface area (TPSA) is 63.6 Å². The average Bonchev–Trinajstić information content (AvgIpc) is 2.79. The van der Waals surface area contributed by atoms with Gasteiger partial charge in [-0.15, -0.1) is 0 Å². The van der Waals surface area contributed by atoms with Crippen LogP contribution in [0.15, 0.2) is 11.6 Å². The molecule has 5 aliphatic carbocycles. The van der Waals surface area contributed by atoms with E-state index in [0.717, 1.165) is 37.5 Å². The van der Waals surface area contributed by atoms with E-state index in [9.17, 15) is 14.7 Å². The van der Waals surface area contributed by atoms with Gasteiger partial charge in [-0.25, -0.2) is 0 Å². The van der Waals surface area contributed by atoms with Crippen molar-refractivity contribution in [3.8, 4) is 0 Å². The molecule has 0 aromatic carbocycles. The summed E-state index contributed by atoms with van der Waals surface area (Å²) in [6, 6.07) is 0. The molecule has 0 radical (unpaired) electrons. The summed E-state index contributed by atoms with van der Waals surface area (Å²) < 4.78 is 5.69. The molecule has 0 aliphatic heterocycles. The second-order valence-electron chi connectivity index (χ2n) is 15.0. The highest BCUT2D eigenvalue weighted by Crippen LogP contribution is 2.75. The number of rotatable bonds is 2. The van der Waals surface area contributed by atoms with Gasteiger partial charge in [-0.3, -0.25) is 9.59 Å². The number of carbonyl (C=O) groups is 2. The molecule has 5 aliphatic rings. The number of esters is 1. The van der Waals surface area contributed by atoms with Crippen molar-refractivity contribution in [3.63, 3.8) is 0 Å². The Hall–Kier alpha value is -1.32. The van der Waals surface area contributed by atoms with E-state index in [1.165, 1.54) is 32.6 Å². The number of fused-ring (bicyclic) bond motifs is 7. The van der Waals surface area contributed by atoms with Gasteiger partial charge in [0.05, 0.1) is 0 Å². The summed E-state index contributed by atoms with van der Waals surface area (Å²) >= 11 is 0. The lowest BCUT2D eigenvalue weighted by atomic mass is 9.33. The Morgan fingerprint density at radius 1 is 0.917 bits per heavy atom. The standard InChI is InChI=1S/C32H50O4/c1-19-11-14-28(4)17-18-30(6)22(26(28)20(19)2)9-10-23-29(5)15-13-25(36-21(3)33)32(8,27(34)35)24(29)12-16-31(23,30)7/h9,19-20,23-26H,10-18H2,1-8H3,(H,34,35)/t19-,20+,23-,24-,25-,26-,28-,29-,30-,31-,32-/m1/s1. The quantitative estimate of drug-likeness (QED) is 0.313. The first-order valence-corrected chi connectivity index (χ1v) is 14.8. The van der Waals surface area contributed by atoms with Crippen molar-refractivity contribution in [2.45, 2.75) is 119 Å². The van der Waals surface area contributed by atoms with Crippen LogP contribution in [0.1, 0.15) is 113 Å². The molecule has 202 valence electrons. The molecule has 0 aromatic rings. The van der Waals surface area contributed by atoms with Crippen LogP contribution in [0.25, 0.3) is 0 Å². The summed E-state index contributed by atoms with van der Waals surface area (Å²) in [7, 11) is 0. The van der Waals surface area contributed by atoms with Gasteiger partial charge in [-0.05, 0) is 116 Å². The molecular formula is C32H50O4. The third-order valence-electron chi connectivity index (χ3n) is 13.8. The largest absolute Gasteiger partial charge is 0.481 e. The normalized spacial score (nSPS) is 54.2. The molecule has 4 fully saturated rings. The van der Waals surface area contributed by atoms with Gasteiger partial charge in [0.2, 0.25) is 0 Å². The zero-order chi connectivity index (χ0) is 26.5. The lowest BCUT2D eigenvalue weighted by Gasteiger charge is -2.71. The Bertz CT molecular complexity index is 985. The molecule has 0 saturated heterocycles. The van der Waals surface area contributed by atoms with Gasteiger partial charge in [0.15, 0.2) is 0 Å². The van der Waals surface area contributed by atoms with Crippen LogP contribution in [0, 0.1) is 56.7 Å². The molecule has 4 saturated carbocycles. The van der Waals surface area contributed by atoms with E-state index >= 15 is 0 Å². The summed E-state index contributed by atoms with van der Waals surface area (Å²) in [5.41, 5.74) is 1.40. The second-order valence-corrected chi connectivity index (χ2v) is 15.0. The first kappa shape index (κ1) is 26.3. The van der Waals surface area contributed by atoms with Gasteiger partial charge in [-0.2, -0.15) is 0 Å². The minimum Gasteiger partial charge on any atom is -0.481 e. The molecule has 5 rings (SSSR count). The molecule has 0 heterocycles. The molecule has 4 nitrogen and oxygen atoms in total. The zero-order valence-corrected chi connectivity index (χ0v) is 24.1. The van der Waals surface area contributed by atoms with Gasteiger partial charge >= 0.3 is 11.9 Å². The Kier molecular flexibility index (Phi) is 5.91. The van der Waals surface area contributed by atoms with E-state index < -0.39 is 17.5 Å². The number of ether oxygens (including phenoxy) is 1. The van der Waals surface area contributed by atoms with Gasteiger partial charge in [-0.1, -0.05) is 53.2 Å². The lowest BCUT2D eigenvalue weighted by Crippen LogP contribution is -2.66. The van der Waals surface area contributed by atoms with E-state index in [1.807, 2.05) is 6.92 Å². The SMILES string of the molecule is CC(=O)O[C@@H]1CC[C@@]2(C)[C@@H](CC[C@]3(C)[C@@H]2CC=C2[C@H]4[C@@H](C)[C@H](C)CC[C@]4(C)CC[C@]23C)[C@@]1(C)C(=O)O. The van der Waals surface area contributed by atoms with Gasteiger partial charge in [0, 0.05) is 6.92 Å². The first-order valence-electron chi connectivity index (χ1n) is 14.8. The molecule has 1 N–H and O–H groups in total. The van der Waals surface area contributed by atoms with Crippen molar-refractivity contribution in [2.24, 2.45) is 56.7 Å². The van der Waals surface area contributed by atoms with E-state index in [4.69, 9.17) is 4.74 Å². The summed E-state index contributed by atoms with van der Waals surface area (Å²) in [6.45, 7) is 18.4. The van der Waals surface area contributed by atoms with E-state index in [2.05, 4.69) is 47.6 Å². The van der Waals surface area contributed by atoms with E-state index in [1.54, 1.807) is 5.57 Å². The zero-order valence-electron chi connectivity index (χ0n) is 24.1. The monoisotopic (exact) mass is 498 g/mol. The van der Waals surface area contributed by atoms with Gasteiger partial charge in [0.1, 0.15) is 11.5 Å². The van der Waals surface area contributed by atoms with Crippen molar-refractivity contribution < 1.29 is 19.4 Å². The van der Waals surface area contributed by atoms with Gasteiger partial charge in [0.25, 0.3) is 0 Å². The molecule has 0 amide bonds. The maximum absolute atomic E-state index is 12.9. The fourth-order valence-electron chi connectivity index (χ4n) is 11.2. The lowest BCUT2D eigenvalue weighted by molar-refractivity contribution is -0.223.